The van der Waals surface area contributed by atoms with E-state index in [0.29, 0.717) is 12.8 Å². The van der Waals surface area contributed by atoms with Gasteiger partial charge < -0.3 is 60.4 Å². The number of cyclic esters (lactones) is 1. The fourth-order valence-electron chi connectivity index (χ4n) is 6.90. The maximum absolute atomic E-state index is 12.9. The smallest absolute Gasteiger partial charge is 0.311 e. The monoisotopic (exact) mass is 753 g/mol. The lowest BCUT2D eigenvalue weighted by molar-refractivity contribution is -0.308. The molecule has 0 radical (unpaired) electrons. The standard InChI is InChI=1S/C38H59NO14/c1-4-25-16-11-9-7-6-8-10-12-17-26(52-37-34(45)32(39)33(44)22(3)50-37)19-30-31(35(46)47)29(43)21-38(49,53-30)20-24(41)15-13-14-23(40)18-28(42)27(5-2)36(48)51-25/h6-12,17,22,24-34,37,41-45,49H,4-5,13-16,18-21,39H2,1-3H3,(H,46,47)/b7-6+,10-8+,11-9+,17-12+/t22-,24+,25-,26+,27-,28+,29+,30+,31-,32+,33-,34+,37+,38-/m1/s1. The van der Waals surface area contributed by atoms with Gasteiger partial charge in [-0.2, -0.15) is 0 Å². The third-order valence-corrected chi connectivity index (χ3v) is 10.0. The number of esters is 1. The molecule has 14 atom stereocenters. The molecule has 0 saturated carbocycles. The number of aliphatic hydroxyl groups excluding tert-OH is 5. The average molecular weight is 754 g/mol. The highest BCUT2D eigenvalue weighted by molar-refractivity contribution is 5.80. The van der Waals surface area contributed by atoms with Crippen molar-refractivity contribution in [3.05, 3.63) is 48.6 Å². The second kappa shape index (κ2) is 21.3. The Bertz CT molecular complexity index is 1300. The molecule has 3 aliphatic heterocycles. The number of carbonyl (C=O) groups excluding carboxylic acids is 2. The van der Waals surface area contributed by atoms with Gasteiger partial charge in [0, 0.05) is 38.5 Å². The second-order valence-corrected chi connectivity index (χ2v) is 14.3. The van der Waals surface area contributed by atoms with E-state index in [-0.39, 0.29) is 44.3 Å². The van der Waals surface area contributed by atoms with Gasteiger partial charge >= 0.3 is 11.9 Å². The number of aliphatic carboxylic acids is 1. The lowest BCUT2D eigenvalue weighted by Gasteiger charge is -2.45. The minimum absolute atomic E-state index is 0.0185. The zero-order valence-electron chi connectivity index (χ0n) is 30.8. The van der Waals surface area contributed by atoms with Crippen molar-refractivity contribution in [2.45, 2.75) is 158 Å². The molecule has 0 spiro atoms. The van der Waals surface area contributed by atoms with E-state index in [1.807, 2.05) is 13.0 Å². The molecule has 2 fully saturated rings. The van der Waals surface area contributed by atoms with E-state index in [2.05, 4.69) is 0 Å². The van der Waals surface area contributed by atoms with Gasteiger partial charge in [0.05, 0.1) is 54.7 Å². The Morgan fingerprint density at radius 1 is 0.962 bits per heavy atom. The number of ketones is 1. The lowest BCUT2D eigenvalue weighted by atomic mass is 9.83. The van der Waals surface area contributed by atoms with Crippen molar-refractivity contribution in [2.24, 2.45) is 17.6 Å². The van der Waals surface area contributed by atoms with E-state index in [1.165, 1.54) is 0 Å². The van der Waals surface area contributed by atoms with Crippen LogP contribution in [0.3, 0.4) is 0 Å². The first-order valence-corrected chi connectivity index (χ1v) is 18.6. The van der Waals surface area contributed by atoms with Crippen molar-refractivity contribution in [2.75, 3.05) is 0 Å². The molecular formula is C38H59NO14. The highest BCUT2D eigenvalue weighted by Crippen LogP contribution is 2.38. The molecule has 15 heteroatoms. The summed E-state index contributed by atoms with van der Waals surface area (Å²) in [7, 11) is 0. The largest absolute Gasteiger partial charge is 0.481 e. The van der Waals surface area contributed by atoms with Gasteiger partial charge in [-0.3, -0.25) is 14.4 Å². The summed E-state index contributed by atoms with van der Waals surface area (Å²) < 4.78 is 23.3. The second-order valence-electron chi connectivity index (χ2n) is 14.3. The van der Waals surface area contributed by atoms with Gasteiger partial charge in [-0.1, -0.05) is 62.5 Å². The van der Waals surface area contributed by atoms with Crippen LogP contribution in [0.25, 0.3) is 0 Å². The molecule has 9 N–H and O–H groups in total. The summed E-state index contributed by atoms with van der Waals surface area (Å²) in [6, 6.07) is -1.10. The third-order valence-electron chi connectivity index (χ3n) is 10.0. The maximum atomic E-state index is 12.9. The van der Waals surface area contributed by atoms with Gasteiger partial charge in [0.1, 0.15) is 23.9 Å². The summed E-state index contributed by atoms with van der Waals surface area (Å²) in [5, 5.41) is 75.0. The fraction of sp³-hybridized carbons (Fsp3) is 0.711. The highest BCUT2D eigenvalue weighted by Gasteiger charge is 2.50. The number of carboxylic acids is 1. The molecule has 2 bridgehead atoms. The predicted molar refractivity (Wildman–Crippen MR) is 191 cm³/mol. The number of carboxylic acid groups (broad SMARTS) is 1. The number of allylic oxidation sites excluding steroid dienone is 6. The number of carbonyl (C=O) groups is 3. The number of nitrogens with two attached hydrogens (primary N) is 1. The molecule has 15 nitrogen and oxygen atoms in total. The molecular weight excluding hydrogens is 694 g/mol. The van der Waals surface area contributed by atoms with Gasteiger partial charge in [0.2, 0.25) is 0 Å². The van der Waals surface area contributed by atoms with Crippen molar-refractivity contribution in [3.63, 3.8) is 0 Å². The van der Waals surface area contributed by atoms with Crippen LogP contribution in [-0.4, -0.2) is 127 Å². The topological polar surface area (TPSA) is 256 Å². The SMILES string of the molecule is CC[C@@H]1C/C=C/C=C/C=C/C=C/[C@H](O[C@@H]2O[C@H](C)[C@@H](O)[C@H](N)[C@@H]2O)C[C@@H]2O[C@](O)(C[C@@H](O)CCCC(=O)C[C@H](O)[C@@H](CC)C(=O)O1)C[C@H](O)[C@H]2C(=O)O. The third kappa shape index (κ3) is 13.5. The Hall–Kier alpha value is -2.83. The van der Waals surface area contributed by atoms with Crippen LogP contribution in [0, 0.1) is 11.8 Å². The van der Waals surface area contributed by atoms with Crippen LogP contribution in [-0.2, 0) is 33.3 Å². The summed E-state index contributed by atoms with van der Waals surface area (Å²) in [5.41, 5.74) is 5.99. The molecule has 3 rings (SSSR count). The number of rotatable bonds is 5. The minimum Gasteiger partial charge on any atom is -0.481 e. The molecule has 0 amide bonds. The molecule has 0 unspecified atom stereocenters. The average Bonchev–Trinajstić information content (AvgIpc) is 3.07. The highest BCUT2D eigenvalue weighted by atomic mass is 16.7. The molecule has 0 aliphatic carbocycles. The summed E-state index contributed by atoms with van der Waals surface area (Å²) in [5.74, 6) is -6.82. The predicted octanol–water partition coefficient (Wildman–Crippen LogP) is 1.31. The normalized spacial score (nSPS) is 42.9. The molecule has 0 aromatic rings. The van der Waals surface area contributed by atoms with Crippen molar-refractivity contribution in [3.8, 4) is 0 Å². The Kier molecular flexibility index (Phi) is 17.9. The zero-order valence-corrected chi connectivity index (χ0v) is 30.8. The van der Waals surface area contributed by atoms with Crippen LogP contribution in [0.4, 0.5) is 0 Å². The number of Topliss-reactive ketones (excluding diaryl/α,β-unsaturated/α-hetero) is 1. The molecule has 2 saturated heterocycles. The quantitative estimate of drug-likeness (QED) is 0.184. The Balaban J connectivity index is 1.90. The number of aliphatic hydroxyl groups is 6. The van der Waals surface area contributed by atoms with Gasteiger partial charge in [-0.15, -0.1) is 0 Å². The first-order valence-electron chi connectivity index (χ1n) is 18.6. The summed E-state index contributed by atoms with van der Waals surface area (Å²) in [4.78, 5) is 38.0. The van der Waals surface area contributed by atoms with Crippen LogP contribution < -0.4 is 5.73 Å². The Morgan fingerprint density at radius 2 is 1.64 bits per heavy atom. The van der Waals surface area contributed by atoms with E-state index >= 15 is 0 Å². The molecule has 3 aliphatic rings. The van der Waals surface area contributed by atoms with Crippen LogP contribution >= 0.6 is 0 Å². The molecule has 300 valence electrons. The van der Waals surface area contributed by atoms with E-state index in [0.717, 1.165) is 0 Å². The van der Waals surface area contributed by atoms with Gasteiger partial charge in [-0.25, -0.2) is 0 Å². The van der Waals surface area contributed by atoms with Crippen molar-refractivity contribution < 1.29 is 69.1 Å². The molecule has 0 aromatic carbocycles. The number of ether oxygens (including phenoxy) is 4. The Labute approximate surface area is 310 Å². The Morgan fingerprint density at radius 3 is 2.30 bits per heavy atom. The van der Waals surface area contributed by atoms with Gasteiger partial charge in [0.25, 0.3) is 0 Å². The van der Waals surface area contributed by atoms with Crippen molar-refractivity contribution >= 4 is 17.7 Å². The number of hydrogen-bond donors (Lipinski definition) is 8. The molecule has 0 aromatic heterocycles. The van der Waals surface area contributed by atoms with Crippen LogP contribution in [0.1, 0.15) is 85.0 Å². The summed E-state index contributed by atoms with van der Waals surface area (Å²) >= 11 is 0. The van der Waals surface area contributed by atoms with Crippen molar-refractivity contribution in [1.29, 1.82) is 0 Å². The van der Waals surface area contributed by atoms with Crippen LogP contribution in [0.5, 0.6) is 0 Å². The van der Waals surface area contributed by atoms with Crippen molar-refractivity contribution in [1.82, 2.24) is 0 Å². The fourth-order valence-corrected chi connectivity index (χ4v) is 6.90. The number of hydrogen-bond acceptors (Lipinski definition) is 14. The summed E-state index contributed by atoms with van der Waals surface area (Å²) in [6.07, 6.45) is 2.05. The lowest BCUT2D eigenvalue weighted by Crippen LogP contribution is -2.61. The maximum Gasteiger partial charge on any atom is 0.311 e. The van der Waals surface area contributed by atoms with E-state index in [4.69, 9.17) is 24.7 Å². The van der Waals surface area contributed by atoms with Gasteiger partial charge in [0.15, 0.2) is 12.1 Å². The minimum atomic E-state index is -2.15. The zero-order chi connectivity index (χ0) is 39.3. The van der Waals surface area contributed by atoms with E-state index < -0.39 is 110 Å². The number of fused-ring (bicyclic) bond motifs is 2. The van der Waals surface area contributed by atoms with Crippen LogP contribution in [0.2, 0.25) is 0 Å². The molecule has 3 heterocycles. The van der Waals surface area contributed by atoms with E-state index in [1.54, 1.807) is 56.4 Å². The van der Waals surface area contributed by atoms with Gasteiger partial charge in [-0.05, 0) is 32.6 Å². The van der Waals surface area contributed by atoms with E-state index in [9.17, 15) is 50.1 Å². The molecule has 53 heavy (non-hydrogen) atoms. The summed E-state index contributed by atoms with van der Waals surface area (Å²) in [6.45, 7) is 5.16. The van der Waals surface area contributed by atoms with Crippen LogP contribution in [0.15, 0.2) is 48.6 Å². The first kappa shape index (κ1) is 44.6. The first-order chi connectivity index (χ1) is 25.1.